The number of benzene rings is 2. The number of amides is 2. The predicted molar refractivity (Wildman–Crippen MR) is 106 cm³/mol. The second kappa shape index (κ2) is 8.35. The molecule has 1 aliphatic rings. The topological polar surface area (TPSA) is 75.4 Å². The molecule has 142 valence electrons. The van der Waals surface area contributed by atoms with Gasteiger partial charge < -0.3 is 16.0 Å². The van der Waals surface area contributed by atoms with Crippen molar-refractivity contribution in [1.82, 2.24) is 10.2 Å². The maximum atomic E-state index is 12.5. The number of nitrogens with two attached hydrogens (primary N) is 1. The second-order valence-electron chi connectivity index (χ2n) is 7.30. The highest BCUT2D eigenvalue weighted by Gasteiger charge is 2.30. The molecule has 1 unspecified atom stereocenters. The van der Waals surface area contributed by atoms with E-state index in [4.69, 9.17) is 5.73 Å². The van der Waals surface area contributed by atoms with Crippen molar-refractivity contribution in [1.29, 1.82) is 0 Å². The fraction of sp³-hybridized carbons (Fsp3) is 0.364. The van der Waals surface area contributed by atoms with Crippen molar-refractivity contribution < 1.29 is 9.59 Å². The molecule has 1 heterocycles. The Balaban J connectivity index is 1.58. The Kier molecular flexibility index (Phi) is 5.91. The summed E-state index contributed by atoms with van der Waals surface area (Å²) >= 11 is 0. The van der Waals surface area contributed by atoms with Crippen LogP contribution in [0.1, 0.15) is 47.7 Å². The number of hydrogen-bond acceptors (Lipinski definition) is 3. The van der Waals surface area contributed by atoms with Gasteiger partial charge in [-0.25, -0.2) is 0 Å². The molecule has 5 nitrogen and oxygen atoms in total. The van der Waals surface area contributed by atoms with Crippen LogP contribution in [0, 0.1) is 0 Å². The first-order valence-corrected chi connectivity index (χ1v) is 9.49. The summed E-state index contributed by atoms with van der Waals surface area (Å²) in [6.07, 6.45) is 3.36. The van der Waals surface area contributed by atoms with Gasteiger partial charge in [-0.15, -0.1) is 0 Å². The first-order chi connectivity index (χ1) is 13.0. The van der Waals surface area contributed by atoms with Crippen molar-refractivity contribution in [2.75, 3.05) is 13.1 Å². The summed E-state index contributed by atoms with van der Waals surface area (Å²) in [6.45, 7) is 3.76. The molecule has 5 heteroatoms. The highest BCUT2D eigenvalue weighted by molar-refractivity contribution is 5.94. The number of carbonyl (C=O) groups is 2. The SMILES string of the molecule is CC(N)(C(=O)NCc1ccc(C(=O)N2CCCCC2)cc1)c1ccccc1. The molecule has 0 bridgehead atoms. The zero-order chi connectivity index (χ0) is 19.3. The number of nitrogens with one attached hydrogen (secondary N) is 1. The Morgan fingerprint density at radius 3 is 2.26 bits per heavy atom. The maximum absolute atomic E-state index is 12.5. The van der Waals surface area contributed by atoms with Crippen molar-refractivity contribution in [3.05, 3.63) is 71.3 Å². The molecule has 0 aromatic heterocycles. The third-order valence-corrected chi connectivity index (χ3v) is 5.14. The predicted octanol–water partition coefficient (Wildman–Crippen LogP) is 2.80. The molecular weight excluding hydrogens is 338 g/mol. The summed E-state index contributed by atoms with van der Waals surface area (Å²) in [5, 5.41) is 2.89. The smallest absolute Gasteiger partial charge is 0.253 e. The van der Waals surface area contributed by atoms with Gasteiger partial charge in [0.25, 0.3) is 5.91 Å². The minimum absolute atomic E-state index is 0.0869. The van der Waals surface area contributed by atoms with Crippen LogP contribution < -0.4 is 11.1 Å². The third-order valence-electron chi connectivity index (χ3n) is 5.14. The second-order valence-corrected chi connectivity index (χ2v) is 7.30. The van der Waals surface area contributed by atoms with E-state index in [9.17, 15) is 9.59 Å². The van der Waals surface area contributed by atoms with Crippen molar-refractivity contribution in [3.8, 4) is 0 Å². The van der Waals surface area contributed by atoms with Crippen LogP contribution in [0.25, 0.3) is 0 Å². The third kappa shape index (κ3) is 4.55. The van der Waals surface area contributed by atoms with Crippen molar-refractivity contribution in [2.24, 2.45) is 5.73 Å². The minimum Gasteiger partial charge on any atom is -0.350 e. The quantitative estimate of drug-likeness (QED) is 0.855. The fourth-order valence-corrected chi connectivity index (χ4v) is 3.33. The number of piperidine rings is 1. The van der Waals surface area contributed by atoms with Crippen LogP contribution >= 0.6 is 0 Å². The first kappa shape index (κ1) is 19.1. The summed E-state index contributed by atoms with van der Waals surface area (Å²) in [6, 6.07) is 16.7. The van der Waals surface area contributed by atoms with Gasteiger partial charge in [0, 0.05) is 25.2 Å². The van der Waals surface area contributed by atoms with E-state index in [2.05, 4.69) is 5.32 Å². The molecule has 1 atom stereocenters. The lowest BCUT2D eigenvalue weighted by molar-refractivity contribution is -0.126. The van der Waals surface area contributed by atoms with Gasteiger partial charge in [-0.3, -0.25) is 9.59 Å². The van der Waals surface area contributed by atoms with Crippen molar-refractivity contribution >= 4 is 11.8 Å². The number of carbonyl (C=O) groups excluding carboxylic acids is 2. The van der Waals surface area contributed by atoms with E-state index in [-0.39, 0.29) is 11.8 Å². The Morgan fingerprint density at radius 1 is 1.00 bits per heavy atom. The van der Waals surface area contributed by atoms with Gasteiger partial charge in [-0.05, 0) is 49.4 Å². The molecule has 0 radical (unpaired) electrons. The zero-order valence-electron chi connectivity index (χ0n) is 15.8. The highest BCUT2D eigenvalue weighted by atomic mass is 16.2. The normalized spacial score (nSPS) is 16.4. The van der Waals surface area contributed by atoms with Gasteiger partial charge in [-0.2, -0.15) is 0 Å². The molecule has 1 fully saturated rings. The number of rotatable bonds is 5. The summed E-state index contributed by atoms with van der Waals surface area (Å²) in [5.41, 5.74) is 7.53. The lowest BCUT2D eigenvalue weighted by Crippen LogP contribution is -2.48. The van der Waals surface area contributed by atoms with E-state index in [1.54, 1.807) is 6.92 Å². The summed E-state index contributed by atoms with van der Waals surface area (Å²) in [4.78, 5) is 26.9. The van der Waals surface area contributed by atoms with Crippen LogP contribution in [0.3, 0.4) is 0 Å². The van der Waals surface area contributed by atoms with Crippen LogP contribution in [0.2, 0.25) is 0 Å². The van der Waals surface area contributed by atoms with Gasteiger partial charge in [0.1, 0.15) is 5.54 Å². The Morgan fingerprint density at radius 2 is 1.63 bits per heavy atom. The van der Waals surface area contributed by atoms with Crippen LogP contribution in [0.15, 0.2) is 54.6 Å². The average molecular weight is 365 g/mol. The first-order valence-electron chi connectivity index (χ1n) is 9.49. The van der Waals surface area contributed by atoms with E-state index in [1.165, 1.54) is 6.42 Å². The molecule has 1 saturated heterocycles. The molecular formula is C22H27N3O2. The highest BCUT2D eigenvalue weighted by Crippen LogP contribution is 2.18. The monoisotopic (exact) mass is 365 g/mol. The molecule has 0 aliphatic carbocycles. The van der Waals surface area contributed by atoms with Gasteiger partial charge in [0.05, 0.1) is 0 Å². The maximum Gasteiger partial charge on any atom is 0.253 e. The number of nitrogens with zero attached hydrogens (tertiary/aromatic N) is 1. The minimum atomic E-state index is -1.09. The summed E-state index contributed by atoms with van der Waals surface area (Å²) in [5.74, 6) is -0.147. The summed E-state index contributed by atoms with van der Waals surface area (Å²) in [7, 11) is 0. The number of likely N-dealkylation sites (tertiary alicyclic amines) is 1. The van der Waals surface area contributed by atoms with Gasteiger partial charge in [0.2, 0.25) is 5.91 Å². The van der Waals surface area contributed by atoms with Crippen LogP contribution in [0.4, 0.5) is 0 Å². The van der Waals surface area contributed by atoms with Gasteiger partial charge >= 0.3 is 0 Å². The largest absolute Gasteiger partial charge is 0.350 e. The molecule has 2 aromatic rings. The Labute approximate surface area is 160 Å². The lowest BCUT2D eigenvalue weighted by atomic mass is 9.92. The lowest BCUT2D eigenvalue weighted by Gasteiger charge is -2.26. The van der Waals surface area contributed by atoms with Crippen molar-refractivity contribution in [3.63, 3.8) is 0 Å². The molecule has 0 spiro atoms. The van der Waals surface area contributed by atoms with E-state index in [1.807, 2.05) is 59.5 Å². The van der Waals surface area contributed by atoms with Crippen LogP contribution in [-0.2, 0) is 16.9 Å². The fourth-order valence-electron chi connectivity index (χ4n) is 3.33. The Bertz CT molecular complexity index is 779. The van der Waals surface area contributed by atoms with E-state index >= 15 is 0 Å². The molecule has 3 rings (SSSR count). The van der Waals surface area contributed by atoms with Crippen molar-refractivity contribution in [2.45, 2.75) is 38.3 Å². The molecule has 2 aromatic carbocycles. The van der Waals surface area contributed by atoms with Crippen LogP contribution in [0.5, 0.6) is 0 Å². The van der Waals surface area contributed by atoms with E-state index < -0.39 is 5.54 Å². The number of hydrogen-bond donors (Lipinski definition) is 2. The average Bonchev–Trinajstić information content (AvgIpc) is 2.73. The zero-order valence-corrected chi connectivity index (χ0v) is 15.8. The summed E-state index contributed by atoms with van der Waals surface area (Å²) < 4.78 is 0. The standard InChI is InChI=1S/C22H27N3O2/c1-22(23,19-8-4-2-5-9-19)21(27)24-16-17-10-12-18(13-11-17)20(26)25-14-6-3-7-15-25/h2,4-5,8-13H,3,6-7,14-16,23H2,1H3,(H,24,27). The Hall–Kier alpha value is -2.66. The van der Waals surface area contributed by atoms with Crippen LogP contribution in [-0.4, -0.2) is 29.8 Å². The van der Waals surface area contributed by atoms with Gasteiger partial charge in [-0.1, -0.05) is 42.5 Å². The molecule has 27 heavy (non-hydrogen) atoms. The van der Waals surface area contributed by atoms with E-state index in [0.29, 0.717) is 12.1 Å². The molecule has 1 aliphatic heterocycles. The molecule has 0 saturated carbocycles. The van der Waals surface area contributed by atoms with E-state index in [0.717, 1.165) is 37.1 Å². The molecule has 2 amide bonds. The molecule has 3 N–H and O–H groups in total. The van der Waals surface area contributed by atoms with Gasteiger partial charge in [0.15, 0.2) is 0 Å².